The van der Waals surface area contributed by atoms with E-state index in [0.717, 1.165) is 22.5 Å². The fourth-order valence-electron chi connectivity index (χ4n) is 3.23. The van der Waals surface area contributed by atoms with Gasteiger partial charge in [0, 0.05) is 28.2 Å². The second-order valence-corrected chi connectivity index (χ2v) is 11.0. The molecule has 0 heterocycles. The Morgan fingerprint density at radius 3 is 2.09 bits per heavy atom. The van der Waals surface area contributed by atoms with Crippen molar-refractivity contribution < 1.29 is 18.0 Å². The molecule has 0 aliphatic rings. The zero-order valence-corrected chi connectivity index (χ0v) is 22.3. The van der Waals surface area contributed by atoms with Crippen LogP contribution in [0.5, 0.6) is 0 Å². The van der Waals surface area contributed by atoms with Gasteiger partial charge in [0.15, 0.2) is 0 Å². The highest BCUT2D eigenvalue weighted by Crippen LogP contribution is 2.27. The van der Waals surface area contributed by atoms with E-state index in [4.69, 9.17) is 23.2 Å². The summed E-state index contributed by atoms with van der Waals surface area (Å²) in [4.78, 5) is 27.7. The molecule has 2 aromatic carbocycles. The average molecular weight is 529 g/mol. The maximum atomic E-state index is 13.5. The van der Waals surface area contributed by atoms with Crippen molar-refractivity contribution in [2.75, 3.05) is 17.1 Å². The third-order valence-electron chi connectivity index (χ3n) is 5.56. The highest BCUT2D eigenvalue weighted by molar-refractivity contribution is 7.92. The molecule has 0 aliphatic heterocycles. The number of aryl methyl sites for hydroxylation is 1. The van der Waals surface area contributed by atoms with Crippen molar-refractivity contribution >= 4 is 50.7 Å². The van der Waals surface area contributed by atoms with Crippen molar-refractivity contribution in [1.29, 1.82) is 0 Å². The van der Waals surface area contributed by atoms with Gasteiger partial charge >= 0.3 is 0 Å². The van der Waals surface area contributed by atoms with Crippen molar-refractivity contribution in [1.82, 2.24) is 10.2 Å². The van der Waals surface area contributed by atoms with Gasteiger partial charge in [0.05, 0.1) is 11.9 Å². The molecule has 0 saturated heterocycles. The number of hydrogen-bond acceptors (Lipinski definition) is 4. The smallest absolute Gasteiger partial charge is 0.244 e. The maximum absolute atomic E-state index is 13.5. The molecule has 0 unspecified atom stereocenters. The Labute approximate surface area is 212 Å². The number of carbonyl (C=O) groups is 2. The van der Waals surface area contributed by atoms with E-state index >= 15 is 0 Å². The molecule has 2 amide bonds. The first-order valence-corrected chi connectivity index (χ1v) is 13.5. The van der Waals surface area contributed by atoms with Crippen molar-refractivity contribution in [2.24, 2.45) is 0 Å². The first-order valence-electron chi connectivity index (χ1n) is 10.9. The first-order chi connectivity index (χ1) is 15.8. The van der Waals surface area contributed by atoms with Crippen molar-refractivity contribution in [3.05, 3.63) is 63.6 Å². The molecule has 186 valence electrons. The normalized spacial score (nSPS) is 13.1. The summed E-state index contributed by atoms with van der Waals surface area (Å²) in [6, 6.07) is 10.8. The van der Waals surface area contributed by atoms with E-state index in [9.17, 15) is 18.0 Å². The molecule has 7 nitrogen and oxygen atoms in total. The molecule has 0 fully saturated rings. The van der Waals surface area contributed by atoms with E-state index < -0.39 is 28.5 Å². The van der Waals surface area contributed by atoms with E-state index in [0.29, 0.717) is 21.3 Å². The first kappa shape index (κ1) is 28.0. The van der Waals surface area contributed by atoms with Crippen LogP contribution in [0, 0.1) is 6.92 Å². The van der Waals surface area contributed by atoms with Gasteiger partial charge in [0.25, 0.3) is 0 Å². The summed E-state index contributed by atoms with van der Waals surface area (Å²) in [6.45, 7) is 6.74. The van der Waals surface area contributed by atoms with Crippen LogP contribution in [0.1, 0.15) is 38.3 Å². The van der Waals surface area contributed by atoms with Gasteiger partial charge < -0.3 is 10.2 Å². The molecule has 10 heteroatoms. The second-order valence-electron chi connectivity index (χ2n) is 8.32. The third-order valence-corrected chi connectivity index (χ3v) is 7.41. The van der Waals surface area contributed by atoms with Gasteiger partial charge in [-0.25, -0.2) is 8.42 Å². The lowest BCUT2D eigenvalue weighted by molar-refractivity contribution is -0.139. The van der Waals surface area contributed by atoms with Crippen LogP contribution in [0.4, 0.5) is 5.69 Å². The molecule has 0 bridgehead atoms. The SMILES string of the molecule is CC[C@@H](C)NC(=O)[C@H](C)N(Cc1c(Cl)cccc1Cl)C(=O)CN(c1ccc(C)cc1)S(C)(=O)=O. The number of nitrogens with zero attached hydrogens (tertiary/aromatic N) is 2. The lowest BCUT2D eigenvalue weighted by Gasteiger charge is -2.32. The van der Waals surface area contributed by atoms with Gasteiger partial charge in [-0.1, -0.05) is 53.9 Å². The number of carbonyl (C=O) groups excluding carboxylic acids is 2. The Hall–Kier alpha value is -2.29. The van der Waals surface area contributed by atoms with Crippen molar-refractivity contribution in [2.45, 2.75) is 52.7 Å². The highest BCUT2D eigenvalue weighted by atomic mass is 35.5. The van der Waals surface area contributed by atoms with E-state index in [2.05, 4.69) is 5.32 Å². The largest absolute Gasteiger partial charge is 0.352 e. The number of hydrogen-bond donors (Lipinski definition) is 1. The number of rotatable bonds is 10. The van der Waals surface area contributed by atoms with Gasteiger partial charge in [0.2, 0.25) is 21.8 Å². The summed E-state index contributed by atoms with van der Waals surface area (Å²) in [6.07, 6.45) is 1.76. The number of sulfonamides is 1. The Morgan fingerprint density at radius 2 is 1.59 bits per heavy atom. The molecule has 0 spiro atoms. The van der Waals surface area contributed by atoms with Crippen LogP contribution in [-0.4, -0.2) is 50.0 Å². The molecule has 0 aromatic heterocycles. The standard InChI is InChI=1S/C24H31Cl2N3O4S/c1-6-17(3)27-24(31)18(4)28(14-20-21(25)8-7-9-22(20)26)23(30)15-29(34(5,32)33)19-12-10-16(2)11-13-19/h7-13,17-18H,6,14-15H2,1-5H3,(H,27,31)/t17-,18+/m1/s1. The summed E-state index contributed by atoms with van der Waals surface area (Å²) >= 11 is 12.7. The number of halogens is 2. The molecular formula is C24H31Cl2N3O4S. The van der Waals surface area contributed by atoms with Crippen LogP contribution in [0.3, 0.4) is 0 Å². The number of amides is 2. The van der Waals surface area contributed by atoms with Crippen molar-refractivity contribution in [3.63, 3.8) is 0 Å². The van der Waals surface area contributed by atoms with Crippen LogP contribution < -0.4 is 9.62 Å². The summed E-state index contributed by atoms with van der Waals surface area (Å²) in [5.41, 5.74) is 1.78. The number of benzene rings is 2. The average Bonchev–Trinajstić information content (AvgIpc) is 2.76. The predicted molar refractivity (Wildman–Crippen MR) is 138 cm³/mol. The number of anilines is 1. The summed E-state index contributed by atoms with van der Waals surface area (Å²) < 4.78 is 26.1. The Bertz CT molecular complexity index is 1100. The summed E-state index contributed by atoms with van der Waals surface area (Å²) in [7, 11) is -3.78. The Morgan fingerprint density at radius 1 is 1.03 bits per heavy atom. The second kappa shape index (κ2) is 11.9. The van der Waals surface area contributed by atoms with E-state index in [1.54, 1.807) is 49.4 Å². The minimum absolute atomic E-state index is 0.0576. The van der Waals surface area contributed by atoms with Crippen LogP contribution in [0.15, 0.2) is 42.5 Å². The molecular weight excluding hydrogens is 497 g/mol. The lowest BCUT2D eigenvalue weighted by atomic mass is 10.1. The number of nitrogens with one attached hydrogen (secondary N) is 1. The maximum Gasteiger partial charge on any atom is 0.244 e. The van der Waals surface area contributed by atoms with Gasteiger partial charge in [-0.05, 0) is 51.5 Å². The Balaban J connectivity index is 2.43. The lowest BCUT2D eigenvalue weighted by Crippen LogP contribution is -2.52. The fraction of sp³-hybridized carbons (Fsp3) is 0.417. The van der Waals surface area contributed by atoms with E-state index in [1.165, 1.54) is 4.90 Å². The quantitative estimate of drug-likeness (QED) is 0.495. The summed E-state index contributed by atoms with van der Waals surface area (Å²) in [5.74, 6) is -0.916. The van der Waals surface area contributed by atoms with Crippen LogP contribution in [0.25, 0.3) is 0 Å². The zero-order chi connectivity index (χ0) is 25.6. The predicted octanol–water partition coefficient (Wildman–Crippen LogP) is 4.40. The highest BCUT2D eigenvalue weighted by Gasteiger charge is 2.31. The molecule has 2 rings (SSSR count). The monoisotopic (exact) mass is 527 g/mol. The molecule has 1 N–H and O–H groups in total. The van der Waals surface area contributed by atoms with Gasteiger partial charge in [-0.2, -0.15) is 0 Å². The van der Waals surface area contributed by atoms with Gasteiger partial charge in [-0.15, -0.1) is 0 Å². The van der Waals surface area contributed by atoms with Gasteiger partial charge in [0.1, 0.15) is 12.6 Å². The molecule has 0 radical (unpaired) electrons. The van der Waals surface area contributed by atoms with Crippen LogP contribution in [-0.2, 0) is 26.2 Å². The fourth-order valence-corrected chi connectivity index (χ4v) is 4.59. The van der Waals surface area contributed by atoms with Crippen LogP contribution in [0.2, 0.25) is 10.0 Å². The van der Waals surface area contributed by atoms with Crippen molar-refractivity contribution in [3.8, 4) is 0 Å². The van der Waals surface area contributed by atoms with E-state index in [-0.39, 0.29) is 18.5 Å². The molecule has 0 saturated carbocycles. The molecule has 2 atom stereocenters. The Kier molecular flexibility index (Phi) is 9.79. The van der Waals surface area contributed by atoms with Gasteiger partial charge in [-0.3, -0.25) is 13.9 Å². The summed E-state index contributed by atoms with van der Waals surface area (Å²) in [5, 5.41) is 3.56. The zero-order valence-electron chi connectivity index (χ0n) is 20.0. The minimum atomic E-state index is -3.78. The molecule has 34 heavy (non-hydrogen) atoms. The van der Waals surface area contributed by atoms with E-state index in [1.807, 2.05) is 20.8 Å². The topological polar surface area (TPSA) is 86.8 Å². The molecule has 2 aromatic rings. The van der Waals surface area contributed by atoms with Crippen LogP contribution >= 0.6 is 23.2 Å². The third kappa shape index (κ3) is 7.35. The minimum Gasteiger partial charge on any atom is -0.352 e. The molecule has 0 aliphatic carbocycles.